The zero-order valence-corrected chi connectivity index (χ0v) is 10.0. The molecule has 1 saturated carbocycles. The summed E-state index contributed by atoms with van der Waals surface area (Å²) >= 11 is 1.36. The van der Waals surface area contributed by atoms with Crippen LogP contribution in [0.5, 0.6) is 0 Å². The SMILES string of the molecule is CSC(=O)N1CCC[C@H]1C1C(C)C1C. The van der Waals surface area contributed by atoms with E-state index in [1.54, 1.807) is 0 Å². The summed E-state index contributed by atoms with van der Waals surface area (Å²) in [5.74, 6) is 2.44. The molecule has 0 spiro atoms. The number of hydrogen-bond acceptors (Lipinski definition) is 2. The van der Waals surface area contributed by atoms with Crippen molar-refractivity contribution in [2.45, 2.75) is 32.7 Å². The summed E-state index contributed by atoms with van der Waals surface area (Å²) in [6.07, 6.45) is 4.32. The molecule has 0 N–H and O–H groups in total. The number of amides is 1. The van der Waals surface area contributed by atoms with Crippen molar-refractivity contribution in [1.29, 1.82) is 0 Å². The normalized spacial score (nSPS) is 41.5. The maximum Gasteiger partial charge on any atom is 0.281 e. The summed E-state index contributed by atoms with van der Waals surface area (Å²) in [5.41, 5.74) is 0. The lowest BCUT2D eigenvalue weighted by molar-refractivity contribution is 0.209. The summed E-state index contributed by atoms with van der Waals surface area (Å²) < 4.78 is 0. The molecule has 0 radical (unpaired) electrons. The van der Waals surface area contributed by atoms with E-state index in [0.717, 1.165) is 24.3 Å². The molecule has 1 aliphatic carbocycles. The molecule has 80 valence electrons. The smallest absolute Gasteiger partial charge is 0.281 e. The number of rotatable bonds is 1. The lowest BCUT2D eigenvalue weighted by atomic mass is 10.1. The van der Waals surface area contributed by atoms with Gasteiger partial charge in [0.25, 0.3) is 5.24 Å². The lowest BCUT2D eigenvalue weighted by Gasteiger charge is -2.24. The molecule has 3 atom stereocenters. The van der Waals surface area contributed by atoms with Gasteiger partial charge in [-0.25, -0.2) is 0 Å². The van der Waals surface area contributed by atoms with Crippen molar-refractivity contribution in [3.63, 3.8) is 0 Å². The highest BCUT2D eigenvalue weighted by molar-refractivity contribution is 8.12. The van der Waals surface area contributed by atoms with E-state index >= 15 is 0 Å². The minimum absolute atomic E-state index is 0.277. The van der Waals surface area contributed by atoms with E-state index in [-0.39, 0.29) is 5.24 Å². The molecular formula is C11H19NOS. The second-order valence-corrected chi connectivity index (χ2v) is 5.43. The second-order valence-electron chi connectivity index (χ2n) is 4.67. The van der Waals surface area contributed by atoms with Crippen LogP contribution in [-0.2, 0) is 0 Å². The molecular weight excluding hydrogens is 194 g/mol. The van der Waals surface area contributed by atoms with Crippen molar-refractivity contribution in [1.82, 2.24) is 4.90 Å². The van der Waals surface area contributed by atoms with Crippen molar-refractivity contribution >= 4 is 17.0 Å². The number of carbonyl (C=O) groups is 1. The first kappa shape index (κ1) is 10.3. The van der Waals surface area contributed by atoms with E-state index in [9.17, 15) is 4.79 Å². The van der Waals surface area contributed by atoms with Gasteiger partial charge in [-0.1, -0.05) is 25.6 Å². The van der Waals surface area contributed by atoms with Crippen LogP contribution in [0.25, 0.3) is 0 Å². The number of nitrogens with zero attached hydrogens (tertiary/aromatic N) is 1. The molecule has 0 aromatic rings. The van der Waals surface area contributed by atoms with Gasteiger partial charge in [0.2, 0.25) is 0 Å². The van der Waals surface area contributed by atoms with Crippen molar-refractivity contribution in [2.75, 3.05) is 12.8 Å². The summed E-state index contributed by atoms with van der Waals surface area (Å²) in [6.45, 7) is 5.62. The van der Waals surface area contributed by atoms with E-state index in [1.807, 2.05) is 6.26 Å². The van der Waals surface area contributed by atoms with Gasteiger partial charge in [0, 0.05) is 12.6 Å². The molecule has 3 heteroatoms. The maximum absolute atomic E-state index is 11.7. The molecule has 1 aliphatic heterocycles. The van der Waals surface area contributed by atoms with Crippen molar-refractivity contribution in [3.8, 4) is 0 Å². The summed E-state index contributed by atoms with van der Waals surface area (Å²) in [4.78, 5) is 13.8. The van der Waals surface area contributed by atoms with Gasteiger partial charge in [-0.15, -0.1) is 0 Å². The Morgan fingerprint density at radius 3 is 2.50 bits per heavy atom. The van der Waals surface area contributed by atoms with E-state index in [0.29, 0.717) is 6.04 Å². The molecule has 0 bridgehead atoms. The van der Waals surface area contributed by atoms with Crippen LogP contribution in [0.3, 0.4) is 0 Å². The highest BCUT2D eigenvalue weighted by atomic mass is 32.2. The van der Waals surface area contributed by atoms with E-state index < -0.39 is 0 Å². The fourth-order valence-electron chi connectivity index (χ4n) is 2.94. The highest BCUT2D eigenvalue weighted by Crippen LogP contribution is 2.51. The van der Waals surface area contributed by atoms with Crippen LogP contribution >= 0.6 is 11.8 Å². The first-order valence-electron chi connectivity index (χ1n) is 5.51. The third-order valence-corrected chi connectivity index (χ3v) is 4.64. The molecule has 2 rings (SSSR count). The third kappa shape index (κ3) is 1.56. The van der Waals surface area contributed by atoms with Crippen molar-refractivity contribution in [2.24, 2.45) is 17.8 Å². The molecule has 1 saturated heterocycles. The van der Waals surface area contributed by atoms with Gasteiger partial charge in [0.15, 0.2) is 0 Å². The monoisotopic (exact) mass is 213 g/mol. The zero-order chi connectivity index (χ0) is 10.3. The van der Waals surface area contributed by atoms with E-state index in [4.69, 9.17) is 0 Å². The Balaban J connectivity index is 2.01. The molecule has 2 aliphatic rings. The Hall–Kier alpha value is -0.180. The Kier molecular flexibility index (Phi) is 2.78. The van der Waals surface area contributed by atoms with Gasteiger partial charge in [-0.05, 0) is 36.9 Å². The zero-order valence-electron chi connectivity index (χ0n) is 9.19. The molecule has 2 fully saturated rings. The Morgan fingerprint density at radius 2 is 2.00 bits per heavy atom. The minimum atomic E-state index is 0.277. The Bertz CT molecular complexity index is 235. The van der Waals surface area contributed by atoms with Crippen LogP contribution in [-0.4, -0.2) is 29.0 Å². The molecule has 0 aromatic carbocycles. The average Bonchev–Trinajstić information content (AvgIpc) is 2.66. The number of hydrogen-bond donors (Lipinski definition) is 0. The van der Waals surface area contributed by atoms with Crippen LogP contribution in [0.15, 0.2) is 0 Å². The quantitative estimate of drug-likeness (QED) is 0.667. The first-order valence-corrected chi connectivity index (χ1v) is 6.74. The summed E-state index contributed by atoms with van der Waals surface area (Å²) in [7, 11) is 0. The second kappa shape index (κ2) is 3.76. The van der Waals surface area contributed by atoms with Gasteiger partial charge >= 0.3 is 0 Å². The van der Waals surface area contributed by atoms with Crippen LogP contribution in [0.1, 0.15) is 26.7 Å². The molecule has 1 heterocycles. The fourth-order valence-corrected chi connectivity index (χ4v) is 3.40. The Morgan fingerprint density at radius 1 is 1.36 bits per heavy atom. The standard InChI is InChI=1S/C11H19NOS/c1-7-8(2)10(7)9-5-4-6-12(9)11(13)14-3/h7-10H,4-6H2,1-3H3/t7?,8?,9-,10?/m0/s1. The summed E-state index contributed by atoms with van der Waals surface area (Å²) in [6, 6.07) is 0.556. The number of carbonyl (C=O) groups excluding carboxylic acids is 1. The number of likely N-dealkylation sites (tertiary alicyclic amines) is 1. The highest BCUT2D eigenvalue weighted by Gasteiger charge is 2.51. The largest absolute Gasteiger partial charge is 0.330 e. The minimum Gasteiger partial charge on any atom is -0.330 e. The predicted octanol–water partition coefficient (Wildman–Crippen LogP) is 2.84. The van der Waals surface area contributed by atoms with Gasteiger partial charge in [0.05, 0.1) is 0 Å². The maximum atomic E-state index is 11.7. The number of thioether (sulfide) groups is 1. The van der Waals surface area contributed by atoms with Gasteiger partial charge in [-0.3, -0.25) is 4.79 Å². The topological polar surface area (TPSA) is 20.3 Å². The van der Waals surface area contributed by atoms with Gasteiger partial charge in [0.1, 0.15) is 0 Å². The predicted molar refractivity (Wildman–Crippen MR) is 60.5 cm³/mol. The van der Waals surface area contributed by atoms with Gasteiger partial charge < -0.3 is 4.90 Å². The third-order valence-electron chi connectivity index (χ3n) is 4.06. The molecule has 2 unspecified atom stereocenters. The fraction of sp³-hybridized carbons (Fsp3) is 0.909. The van der Waals surface area contributed by atoms with Crippen LogP contribution in [0, 0.1) is 17.8 Å². The lowest BCUT2D eigenvalue weighted by Crippen LogP contribution is -2.34. The van der Waals surface area contributed by atoms with Crippen molar-refractivity contribution in [3.05, 3.63) is 0 Å². The molecule has 14 heavy (non-hydrogen) atoms. The first-order chi connectivity index (χ1) is 6.66. The Labute approximate surface area is 90.4 Å². The van der Waals surface area contributed by atoms with Crippen molar-refractivity contribution < 1.29 is 4.79 Å². The molecule has 2 nitrogen and oxygen atoms in total. The van der Waals surface area contributed by atoms with Crippen LogP contribution in [0.2, 0.25) is 0 Å². The molecule has 0 aromatic heterocycles. The van der Waals surface area contributed by atoms with Crippen LogP contribution in [0.4, 0.5) is 4.79 Å². The average molecular weight is 213 g/mol. The van der Waals surface area contributed by atoms with E-state index in [2.05, 4.69) is 18.7 Å². The molecule has 1 amide bonds. The van der Waals surface area contributed by atoms with E-state index in [1.165, 1.54) is 24.6 Å². The van der Waals surface area contributed by atoms with Gasteiger partial charge in [-0.2, -0.15) is 0 Å². The summed E-state index contributed by atoms with van der Waals surface area (Å²) in [5, 5.41) is 0.277. The van der Waals surface area contributed by atoms with Crippen LogP contribution < -0.4 is 0 Å².